The molecule has 29 heavy (non-hydrogen) atoms. The number of anilines is 2. The standard InChI is InChI=1S/C19H19F2N7O/c20-13-3-4-14(21)15(11-13)22-19(29)27-9-7-26(8-10-27)17-6-5-16-23-24-18(12-1-2-12)28(16)25-17/h3-6,11-12H,1-2,7-10H2,(H,22,29). The van der Waals surface area contributed by atoms with Gasteiger partial charge in [0.2, 0.25) is 0 Å². The molecule has 2 amide bonds. The molecule has 0 atom stereocenters. The molecule has 1 saturated heterocycles. The Balaban J connectivity index is 1.25. The van der Waals surface area contributed by atoms with Crippen LogP contribution in [0.5, 0.6) is 0 Å². The molecule has 5 rings (SSSR count). The summed E-state index contributed by atoms with van der Waals surface area (Å²) in [5, 5.41) is 15.5. The zero-order valence-electron chi connectivity index (χ0n) is 15.6. The molecule has 150 valence electrons. The van der Waals surface area contributed by atoms with Gasteiger partial charge in [-0.25, -0.2) is 13.6 Å². The third kappa shape index (κ3) is 3.45. The fourth-order valence-corrected chi connectivity index (χ4v) is 3.49. The van der Waals surface area contributed by atoms with Crippen molar-refractivity contribution >= 4 is 23.2 Å². The van der Waals surface area contributed by atoms with E-state index in [-0.39, 0.29) is 5.69 Å². The van der Waals surface area contributed by atoms with Crippen LogP contribution >= 0.6 is 0 Å². The number of carbonyl (C=O) groups is 1. The summed E-state index contributed by atoms with van der Waals surface area (Å²) in [6, 6.07) is 6.32. The number of aromatic nitrogens is 4. The van der Waals surface area contributed by atoms with E-state index in [2.05, 4.69) is 25.5 Å². The molecule has 2 aromatic heterocycles. The smallest absolute Gasteiger partial charge is 0.322 e. The number of nitrogens with one attached hydrogen (secondary N) is 1. The van der Waals surface area contributed by atoms with Gasteiger partial charge < -0.3 is 15.1 Å². The van der Waals surface area contributed by atoms with Crippen LogP contribution in [0.3, 0.4) is 0 Å². The van der Waals surface area contributed by atoms with Crippen LogP contribution in [0, 0.1) is 11.6 Å². The summed E-state index contributed by atoms with van der Waals surface area (Å²) in [4.78, 5) is 16.1. The Kier molecular flexibility index (Phi) is 4.26. The second kappa shape index (κ2) is 6.94. The molecule has 3 aromatic rings. The molecule has 2 fully saturated rings. The molecule has 10 heteroatoms. The Morgan fingerprint density at radius 2 is 1.83 bits per heavy atom. The van der Waals surface area contributed by atoms with Crippen LogP contribution in [0.2, 0.25) is 0 Å². The highest BCUT2D eigenvalue weighted by Crippen LogP contribution is 2.38. The molecular formula is C19H19F2N7O. The van der Waals surface area contributed by atoms with Crippen molar-refractivity contribution < 1.29 is 13.6 Å². The number of halogens is 2. The highest BCUT2D eigenvalue weighted by Gasteiger charge is 2.30. The fourth-order valence-electron chi connectivity index (χ4n) is 3.49. The van der Waals surface area contributed by atoms with Crippen molar-refractivity contribution in [1.29, 1.82) is 0 Å². The van der Waals surface area contributed by atoms with E-state index in [0.717, 1.165) is 48.3 Å². The van der Waals surface area contributed by atoms with Crippen LogP contribution in [0.4, 0.5) is 25.1 Å². The molecule has 3 heterocycles. The molecular weight excluding hydrogens is 380 g/mol. The van der Waals surface area contributed by atoms with E-state index >= 15 is 0 Å². The van der Waals surface area contributed by atoms with Gasteiger partial charge in [0.1, 0.15) is 17.5 Å². The first-order chi connectivity index (χ1) is 14.1. The number of rotatable bonds is 3. The average molecular weight is 399 g/mol. The maximum absolute atomic E-state index is 13.7. The van der Waals surface area contributed by atoms with E-state index in [1.807, 2.05) is 12.1 Å². The summed E-state index contributed by atoms with van der Waals surface area (Å²) in [7, 11) is 0. The zero-order chi connectivity index (χ0) is 20.0. The summed E-state index contributed by atoms with van der Waals surface area (Å²) < 4.78 is 28.8. The van der Waals surface area contributed by atoms with Crippen LogP contribution in [0.25, 0.3) is 5.65 Å². The largest absolute Gasteiger partial charge is 0.352 e. The van der Waals surface area contributed by atoms with Gasteiger partial charge in [-0.05, 0) is 37.1 Å². The van der Waals surface area contributed by atoms with Crippen molar-refractivity contribution in [3.63, 3.8) is 0 Å². The van der Waals surface area contributed by atoms with E-state index in [1.54, 1.807) is 9.42 Å². The molecule has 8 nitrogen and oxygen atoms in total. The quantitative estimate of drug-likeness (QED) is 0.733. The summed E-state index contributed by atoms with van der Waals surface area (Å²) in [6.45, 7) is 2.05. The molecule has 0 bridgehead atoms. The minimum Gasteiger partial charge on any atom is -0.352 e. The summed E-state index contributed by atoms with van der Waals surface area (Å²) >= 11 is 0. The van der Waals surface area contributed by atoms with Crippen LogP contribution in [-0.2, 0) is 0 Å². The van der Waals surface area contributed by atoms with Gasteiger partial charge in [-0.2, -0.15) is 4.52 Å². The van der Waals surface area contributed by atoms with Gasteiger partial charge >= 0.3 is 6.03 Å². The lowest BCUT2D eigenvalue weighted by atomic mass is 10.3. The molecule has 1 aliphatic heterocycles. The second-order valence-electron chi connectivity index (χ2n) is 7.32. The Morgan fingerprint density at radius 3 is 2.59 bits per heavy atom. The molecule has 2 aliphatic rings. The fraction of sp³-hybridized carbons (Fsp3) is 0.368. The molecule has 1 saturated carbocycles. The third-order valence-electron chi connectivity index (χ3n) is 5.28. The van der Waals surface area contributed by atoms with Crippen LogP contribution in [0.15, 0.2) is 30.3 Å². The van der Waals surface area contributed by atoms with Gasteiger partial charge in [0.05, 0.1) is 5.69 Å². The van der Waals surface area contributed by atoms with Crippen molar-refractivity contribution in [2.45, 2.75) is 18.8 Å². The predicted octanol–water partition coefficient (Wildman–Crippen LogP) is 2.63. The highest BCUT2D eigenvalue weighted by molar-refractivity contribution is 5.89. The summed E-state index contributed by atoms with van der Waals surface area (Å²) in [5.74, 6) is 0.868. The first kappa shape index (κ1) is 17.8. The van der Waals surface area contributed by atoms with Gasteiger partial charge in [-0.15, -0.1) is 15.3 Å². The number of nitrogens with zero attached hydrogens (tertiary/aromatic N) is 6. The van der Waals surface area contributed by atoms with Crippen molar-refractivity contribution in [3.05, 3.63) is 47.8 Å². The van der Waals surface area contributed by atoms with E-state index in [9.17, 15) is 13.6 Å². The normalized spacial score (nSPS) is 17.0. The Labute approximate surface area is 165 Å². The van der Waals surface area contributed by atoms with Gasteiger partial charge in [0.15, 0.2) is 11.5 Å². The number of hydrogen-bond acceptors (Lipinski definition) is 5. The third-order valence-corrected chi connectivity index (χ3v) is 5.28. The van der Waals surface area contributed by atoms with Crippen LogP contribution in [0.1, 0.15) is 24.6 Å². The Hall–Kier alpha value is -3.30. The number of hydrogen-bond donors (Lipinski definition) is 1. The van der Waals surface area contributed by atoms with Gasteiger partial charge in [-0.1, -0.05) is 0 Å². The van der Waals surface area contributed by atoms with Crippen molar-refractivity contribution in [1.82, 2.24) is 24.7 Å². The van der Waals surface area contributed by atoms with Gasteiger partial charge in [0, 0.05) is 38.2 Å². The van der Waals surface area contributed by atoms with E-state index in [1.165, 1.54) is 0 Å². The summed E-state index contributed by atoms with van der Waals surface area (Å²) in [6.07, 6.45) is 2.23. The lowest BCUT2D eigenvalue weighted by Gasteiger charge is -2.35. The van der Waals surface area contributed by atoms with Crippen molar-refractivity contribution in [2.75, 3.05) is 36.4 Å². The van der Waals surface area contributed by atoms with Crippen molar-refractivity contribution in [3.8, 4) is 0 Å². The maximum atomic E-state index is 13.7. The number of piperazine rings is 1. The zero-order valence-corrected chi connectivity index (χ0v) is 15.6. The second-order valence-corrected chi connectivity index (χ2v) is 7.32. The number of urea groups is 1. The predicted molar refractivity (Wildman–Crippen MR) is 102 cm³/mol. The van der Waals surface area contributed by atoms with Crippen LogP contribution in [-0.4, -0.2) is 56.9 Å². The highest BCUT2D eigenvalue weighted by atomic mass is 19.1. The topological polar surface area (TPSA) is 78.7 Å². The molecule has 1 aromatic carbocycles. The number of amides is 2. The summed E-state index contributed by atoms with van der Waals surface area (Å²) in [5.41, 5.74) is 0.565. The first-order valence-electron chi connectivity index (χ1n) is 9.57. The van der Waals surface area contributed by atoms with E-state index < -0.39 is 17.7 Å². The Bertz CT molecular complexity index is 1070. The van der Waals surface area contributed by atoms with E-state index in [4.69, 9.17) is 0 Å². The molecule has 1 aliphatic carbocycles. The minimum absolute atomic E-state index is 0.162. The van der Waals surface area contributed by atoms with Crippen molar-refractivity contribution in [2.24, 2.45) is 0 Å². The minimum atomic E-state index is -0.670. The van der Waals surface area contributed by atoms with Crippen LogP contribution < -0.4 is 10.2 Å². The van der Waals surface area contributed by atoms with Gasteiger partial charge in [0.25, 0.3) is 0 Å². The van der Waals surface area contributed by atoms with E-state index in [0.29, 0.717) is 32.1 Å². The number of benzene rings is 1. The first-order valence-corrected chi connectivity index (χ1v) is 9.57. The number of fused-ring (bicyclic) bond motifs is 1. The molecule has 0 unspecified atom stereocenters. The lowest BCUT2D eigenvalue weighted by Crippen LogP contribution is -2.50. The molecule has 0 radical (unpaired) electrons. The molecule has 1 N–H and O–H groups in total. The lowest BCUT2D eigenvalue weighted by molar-refractivity contribution is 0.208. The SMILES string of the molecule is O=C(Nc1cc(F)ccc1F)N1CCN(c2ccc3nnc(C4CC4)n3n2)CC1. The average Bonchev–Trinajstić information content (AvgIpc) is 3.49. The monoisotopic (exact) mass is 399 g/mol. The Morgan fingerprint density at radius 1 is 1.03 bits per heavy atom. The maximum Gasteiger partial charge on any atom is 0.322 e. The number of carbonyl (C=O) groups excluding carboxylic acids is 1. The van der Waals surface area contributed by atoms with Gasteiger partial charge in [-0.3, -0.25) is 0 Å². The molecule has 0 spiro atoms.